The van der Waals surface area contributed by atoms with Crippen molar-refractivity contribution >= 4 is 5.69 Å². The highest BCUT2D eigenvalue weighted by Crippen LogP contribution is 2.23. The van der Waals surface area contributed by atoms with Crippen molar-refractivity contribution in [2.24, 2.45) is 0 Å². The van der Waals surface area contributed by atoms with Crippen LogP contribution in [0, 0.1) is 11.3 Å². The SMILES string of the molecule is CC(C)(C#N)c1ccc(NCc2ccncn2)cc1. The summed E-state index contributed by atoms with van der Waals surface area (Å²) in [5, 5.41) is 12.4. The minimum Gasteiger partial charge on any atom is -0.379 e. The number of hydrogen-bond donors (Lipinski definition) is 1. The van der Waals surface area contributed by atoms with Gasteiger partial charge < -0.3 is 5.32 Å². The third-order valence-electron chi connectivity index (χ3n) is 3.00. The number of benzene rings is 1. The predicted octanol–water partition coefficient (Wildman–Crippen LogP) is 2.89. The molecule has 2 aromatic rings. The van der Waals surface area contributed by atoms with E-state index in [1.54, 1.807) is 6.20 Å². The summed E-state index contributed by atoms with van der Waals surface area (Å²) >= 11 is 0. The molecule has 0 amide bonds. The lowest BCUT2D eigenvalue weighted by Gasteiger charge is -2.16. The average molecular weight is 252 g/mol. The van der Waals surface area contributed by atoms with Gasteiger partial charge in [-0.25, -0.2) is 9.97 Å². The van der Waals surface area contributed by atoms with Crippen molar-refractivity contribution in [3.8, 4) is 6.07 Å². The average Bonchev–Trinajstić information content (AvgIpc) is 2.47. The molecule has 0 bridgehead atoms. The first kappa shape index (κ1) is 13.0. The molecular weight excluding hydrogens is 236 g/mol. The molecule has 0 radical (unpaired) electrons. The largest absolute Gasteiger partial charge is 0.379 e. The van der Waals surface area contributed by atoms with Crippen LogP contribution in [0.1, 0.15) is 25.1 Å². The minimum atomic E-state index is -0.453. The molecule has 19 heavy (non-hydrogen) atoms. The van der Waals surface area contributed by atoms with E-state index >= 15 is 0 Å². The van der Waals surface area contributed by atoms with E-state index in [0.29, 0.717) is 6.54 Å². The summed E-state index contributed by atoms with van der Waals surface area (Å²) in [6, 6.07) is 12.1. The van der Waals surface area contributed by atoms with Gasteiger partial charge in [0.2, 0.25) is 0 Å². The number of nitrogens with one attached hydrogen (secondary N) is 1. The third-order valence-corrected chi connectivity index (χ3v) is 3.00. The monoisotopic (exact) mass is 252 g/mol. The van der Waals surface area contributed by atoms with Gasteiger partial charge in [-0.3, -0.25) is 0 Å². The smallest absolute Gasteiger partial charge is 0.115 e. The predicted molar refractivity (Wildman–Crippen MR) is 74.4 cm³/mol. The number of anilines is 1. The van der Waals surface area contributed by atoms with Crippen molar-refractivity contribution < 1.29 is 0 Å². The molecule has 1 heterocycles. The van der Waals surface area contributed by atoms with E-state index < -0.39 is 5.41 Å². The van der Waals surface area contributed by atoms with Gasteiger partial charge in [0.1, 0.15) is 6.33 Å². The van der Waals surface area contributed by atoms with Crippen molar-refractivity contribution in [3.63, 3.8) is 0 Å². The topological polar surface area (TPSA) is 61.6 Å². The molecule has 0 fully saturated rings. The fourth-order valence-corrected chi connectivity index (χ4v) is 1.68. The van der Waals surface area contributed by atoms with Crippen LogP contribution >= 0.6 is 0 Å². The van der Waals surface area contributed by atoms with E-state index in [0.717, 1.165) is 16.9 Å². The summed E-state index contributed by atoms with van der Waals surface area (Å²) in [6.45, 7) is 4.48. The molecule has 0 spiro atoms. The molecule has 0 saturated carbocycles. The highest BCUT2D eigenvalue weighted by atomic mass is 14.9. The molecule has 0 atom stereocenters. The Morgan fingerprint density at radius 3 is 2.53 bits per heavy atom. The van der Waals surface area contributed by atoms with Crippen LogP contribution in [0.15, 0.2) is 42.9 Å². The summed E-state index contributed by atoms with van der Waals surface area (Å²) < 4.78 is 0. The van der Waals surface area contributed by atoms with Crippen molar-refractivity contribution in [2.45, 2.75) is 25.8 Å². The zero-order valence-corrected chi connectivity index (χ0v) is 11.1. The van der Waals surface area contributed by atoms with Crippen LogP contribution in [0.2, 0.25) is 0 Å². The van der Waals surface area contributed by atoms with Gasteiger partial charge in [-0.15, -0.1) is 0 Å². The molecule has 0 aliphatic rings. The molecule has 4 heteroatoms. The van der Waals surface area contributed by atoms with E-state index in [4.69, 9.17) is 5.26 Å². The number of hydrogen-bond acceptors (Lipinski definition) is 4. The number of aromatic nitrogens is 2. The van der Waals surface area contributed by atoms with E-state index in [1.165, 1.54) is 6.33 Å². The van der Waals surface area contributed by atoms with Crippen molar-refractivity contribution in [1.82, 2.24) is 9.97 Å². The third kappa shape index (κ3) is 3.29. The minimum absolute atomic E-state index is 0.453. The van der Waals surface area contributed by atoms with Crippen LogP contribution in [-0.2, 0) is 12.0 Å². The Morgan fingerprint density at radius 2 is 1.95 bits per heavy atom. The van der Waals surface area contributed by atoms with E-state index in [1.807, 2.05) is 44.2 Å². The molecule has 2 rings (SSSR count). The van der Waals surface area contributed by atoms with Gasteiger partial charge in [-0.2, -0.15) is 5.26 Å². The van der Waals surface area contributed by atoms with Crippen molar-refractivity contribution in [2.75, 3.05) is 5.32 Å². The highest BCUT2D eigenvalue weighted by Gasteiger charge is 2.18. The number of nitrogens with zero attached hydrogens (tertiary/aromatic N) is 3. The lowest BCUT2D eigenvalue weighted by molar-refractivity contribution is 0.687. The summed E-state index contributed by atoms with van der Waals surface area (Å²) in [5.74, 6) is 0. The molecule has 0 aliphatic carbocycles. The summed E-state index contributed by atoms with van der Waals surface area (Å²) in [6.07, 6.45) is 3.26. The maximum Gasteiger partial charge on any atom is 0.115 e. The first-order valence-electron chi connectivity index (χ1n) is 6.12. The van der Waals surface area contributed by atoms with Gasteiger partial charge in [0.05, 0.1) is 23.7 Å². The van der Waals surface area contributed by atoms with Crippen LogP contribution in [-0.4, -0.2) is 9.97 Å². The standard InChI is InChI=1S/C15H16N4/c1-15(2,10-16)12-3-5-13(6-4-12)18-9-14-7-8-17-11-19-14/h3-8,11,18H,9H2,1-2H3. The zero-order chi connectivity index (χ0) is 13.7. The van der Waals surface area contributed by atoms with Crippen LogP contribution < -0.4 is 5.32 Å². The molecule has 1 N–H and O–H groups in total. The van der Waals surface area contributed by atoms with Crippen molar-refractivity contribution in [3.05, 3.63) is 54.1 Å². The highest BCUT2D eigenvalue weighted by molar-refractivity contribution is 5.47. The first-order valence-corrected chi connectivity index (χ1v) is 6.12. The fourth-order valence-electron chi connectivity index (χ4n) is 1.68. The second-order valence-electron chi connectivity index (χ2n) is 4.87. The van der Waals surface area contributed by atoms with E-state index in [-0.39, 0.29) is 0 Å². The van der Waals surface area contributed by atoms with E-state index in [9.17, 15) is 0 Å². The number of rotatable bonds is 4. The molecule has 1 aromatic carbocycles. The van der Waals surface area contributed by atoms with Crippen LogP contribution in [0.5, 0.6) is 0 Å². The zero-order valence-electron chi connectivity index (χ0n) is 11.1. The summed E-state index contributed by atoms with van der Waals surface area (Å²) in [7, 11) is 0. The van der Waals surface area contributed by atoms with Gasteiger partial charge in [0.25, 0.3) is 0 Å². The Bertz CT molecular complexity index is 567. The molecule has 0 unspecified atom stereocenters. The Labute approximate surface area is 113 Å². The Hall–Kier alpha value is -2.41. The lowest BCUT2D eigenvalue weighted by atomic mass is 9.86. The molecule has 4 nitrogen and oxygen atoms in total. The van der Waals surface area contributed by atoms with E-state index in [2.05, 4.69) is 21.4 Å². The second-order valence-corrected chi connectivity index (χ2v) is 4.87. The van der Waals surface area contributed by atoms with Gasteiger partial charge in [0.15, 0.2) is 0 Å². The number of nitriles is 1. The second kappa shape index (κ2) is 5.49. The first-order chi connectivity index (χ1) is 9.12. The maximum absolute atomic E-state index is 9.09. The Balaban J connectivity index is 2.02. The lowest BCUT2D eigenvalue weighted by Crippen LogP contribution is -2.13. The van der Waals surface area contributed by atoms with Gasteiger partial charge >= 0.3 is 0 Å². The Kier molecular flexibility index (Phi) is 3.76. The van der Waals surface area contributed by atoms with Gasteiger partial charge in [-0.05, 0) is 37.6 Å². The van der Waals surface area contributed by atoms with Crippen LogP contribution in [0.3, 0.4) is 0 Å². The fraction of sp³-hybridized carbons (Fsp3) is 0.267. The molecular formula is C15H16N4. The normalized spacial score (nSPS) is 10.8. The maximum atomic E-state index is 9.09. The Morgan fingerprint density at radius 1 is 1.21 bits per heavy atom. The summed E-state index contributed by atoms with van der Waals surface area (Å²) in [5.41, 5.74) is 2.51. The van der Waals surface area contributed by atoms with Gasteiger partial charge in [0, 0.05) is 11.9 Å². The van der Waals surface area contributed by atoms with Crippen LogP contribution in [0.25, 0.3) is 0 Å². The molecule has 96 valence electrons. The summed E-state index contributed by atoms with van der Waals surface area (Å²) in [4.78, 5) is 8.03. The molecule has 1 aromatic heterocycles. The van der Waals surface area contributed by atoms with Crippen LogP contribution in [0.4, 0.5) is 5.69 Å². The van der Waals surface area contributed by atoms with Gasteiger partial charge in [-0.1, -0.05) is 12.1 Å². The molecule has 0 aliphatic heterocycles. The van der Waals surface area contributed by atoms with Crippen molar-refractivity contribution in [1.29, 1.82) is 5.26 Å². The molecule has 0 saturated heterocycles. The quantitative estimate of drug-likeness (QED) is 0.908.